The average Bonchev–Trinajstić information content (AvgIpc) is 3.08. The van der Waals surface area contributed by atoms with Crippen molar-refractivity contribution in [3.63, 3.8) is 0 Å². The van der Waals surface area contributed by atoms with Crippen LogP contribution in [0.4, 0.5) is 4.39 Å². The highest BCUT2D eigenvalue weighted by Crippen LogP contribution is 2.55. The molecule has 5 nitrogen and oxygen atoms in total. The highest BCUT2D eigenvalue weighted by atomic mass is 32.2. The fourth-order valence-electron chi connectivity index (χ4n) is 2.71. The van der Waals surface area contributed by atoms with Crippen LogP contribution in [-0.2, 0) is 19.4 Å². The van der Waals surface area contributed by atoms with Gasteiger partial charge < -0.3 is 10.5 Å². The van der Waals surface area contributed by atoms with Crippen LogP contribution in [-0.4, -0.2) is 37.5 Å². The largest absolute Gasteiger partial charge is 0.465 e. The number of benzene rings is 1. The summed E-state index contributed by atoms with van der Waals surface area (Å²) >= 11 is 0. The number of halogens is 1. The third-order valence-electron chi connectivity index (χ3n) is 3.81. The smallest absolute Gasteiger partial charge is 0.328 e. The lowest BCUT2D eigenvalue weighted by Gasteiger charge is -2.10. The van der Waals surface area contributed by atoms with Crippen LogP contribution in [0.3, 0.4) is 0 Å². The van der Waals surface area contributed by atoms with Gasteiger partial charge in [0.1, 0.15) is 11.4 Å². The molecular weight excluding hydrogens is 297 g/mol. The van der Waals surface area contributed by atoms with Gasteiger partial charge in [-0.2, -0.15) is 0 Å². The van der Waals surface area contributed by atoms with Crippen molar-refractivity contribution in [1.29, 1.82) is 0 Å². The monoisotopic (exact) mass is 315 g/mol. The molecule has 0 bridgehead atoms. The molecule has 21 heavy (non-hydrogen) atoms. The fourth-order valence-corrected chi connectivity index (χ4v) is 4.62. The summed E-state index contributed by atoms with van der Waals surface area (Å²) in [6.07, 6.45) is 0. The molecule has 0 unspecified atom stereocenters. The summed E-state index contributed by atoms with van der Waals surface area (Å²) in [5.41, 5.74) is 4.79. The van der Waals surface area contributed by atoms with Crippen molar-refractivity contribution in [3.05, 3.63) is 35.6 Å². The Morgan fingerprint density at radius 2 is 2.10 bits per heavy atom. The van der Waals surface area contributed by atoms with E-state index in [0.29, 0.717) is 5.56 Å². The van der Waals surface area contributed by atoms with E-state index in [-0.39, 0.29) is 12.4 Å². The Hall–Kier alpha value is -1.47. The zero-order valence-electron chi connectivity index (χ0n) is 11.9. The lowest BCUT2D eigenvalue weighted by atomic mass is 10.1. The summed E-state index contributed by atoms with van der Waals surface area (Å²) in [5, 5.41) is -1.07. The molecule has 0 aromatic heterocycles. The Balaban J connectivity index is 2.45. The van der Waals surface area contributed by atoms with Crippen LogP contribution in [0.5, 0.6) is 0 Å². The molecule has 0 saturated heterocycles. The average molecular weight is 315 g/mol. The van der Waals surface area contributed by atoms with Crippen LogP contribution < -0.4 is 5.73 Å². The number of ether oxygens (including phenoxy) is 1. The van der Waals surface area contributed by atoms with Gasteiger partial charge in [0.2, 0.25) is 0 Å². The second-order valence-corrected chi connectivity index (χ2v) is 7.47. The van der Waals surface area contributed by atoms with Gasteiger partial charge in [0.05, 0.1) is 11.9 Å². The second kappa shape index (κ2) is 5.38. The number of nitrogens with two attached hydrogens (primary N) is 1. The van der Waals surface area contributed by atoms with E-state index in [1.54, 1.807) is 13.0 Å². The van der Waals surface area contributed by atoms with Gasteiger partial charge >= 0.3 is 5.97 Å². The first-order chi connectivity index (χ1) is 9.79. The van der Waals surface area contributed by atoms with Crippen molar-refractivity contribution in [1.82, 2.24) is 0 Å². The predicted octanol–water partition coefficient (Wildman–Crippen LogP) is 0.987. The molecule has 116 valence electrons. The van der Waals surface area contributed by atoms with E-state index in [0.717, 1.165) is 0 Å². The van der Waals surface area contributed by atoms with E-state index in [4.69, 9.17) is 10.5 Å². The molecule has 0 spiro atoms. The zero-order valence-corrected chi connectivity index (χ0v) is 12.7. The maximum absolute atomic E-state index is 13.4. The predicted molar refractivity (Wildman–Crippen MR) is 75.9 cm³/mol. The van der Waals surface area contributed by atoms with Gasteiger partial charge in [0, 0.05) is 11.7 Å². The third kappa shape index (κ3) is 2.55. The Morgan fingerprint density at radius 1 is 1.43 bits per heavy atom. The van der Waals surface area contributed by atoms with E-state index < -0.39 is 38.3 Å². The van der Waals surface area contributed by atoms with Crippen LogP contribution in [0.2, 0.25) is 0 Å². The number of carbonyl (C=O) groups is 1. The minimum Gasteiger partial charge on any atom is -0.465 e. The van der Waals surface area contributed by atoms with Crippen LogP contribution in [0.1, 0.15) is 25.3 Å². The molecule has 2 N–H and O–H groups in total. The molecule has 1 fully saturated rings. The third-order valence-corrected chi connectivity index (χ3v) is 6.05. The molecule has 0 aliphatic heterocycles. The molecule has 0 radical (unpaired) electrons. The number of hydrogen-bond donors (Lipinski definition) is 1. The maximum Gasteiger partial charge on any atom is 0.328 e. The molecule has 1 saturated carbocycles. The molecule has 3 atom stereocenters. The second-order valence-electron chi connectivity index (χ2n) is 5.06. The van der Waals surface area contributed by atoms with E-state index in [1.165, 1.54) is 25.1 Å². The molecule has 0 heterocycles. The molecule has 7 heteroatoms. The molecule has 1 aliphatic rings. The van der Waals surface area contributed by atoms with Crippen LogP contribution in [0.25, 0.3) is 0 Å². The Kier molecular flexibility index (Phi) is 4.08. The molecule has 1 aliphatic carbocycles. The number of esters is 1. The van der Waals surface area contributed by atoms with Crippen molar-refractivity contribution < 1.29 is 22.3 Å². The van der Waals surface area contributed by atoms with E-state index in [9.17, 15) is 17.6 Å². The van der Waals surface area contributed by atoms with Crippen LogP contribution in [0, 0.1) is 5.82 Å². The maximum atomic E-state index is 13.4. The number of rotatable bonds is 5. The topological polar surface area (TPSA) is 86.5 Å². The molecular formula is C14H18FNO4S. The molecule has 2 rings (SSSR count). The molecule has 1 aromatic carbocycles. The van der Waals surface area contributed by atoms with Crippen molar-refractivity contribution in [3.8, 4) is 0 Å². The molecule has 0 amide bonds. The van der Waals surface area contributed by atoms with Crippen molar-refractivity contribution in [2.24, 2.45) is 5.73 Å². The summed E-state index contributed by atoms with van der Waals surface area (Å²) < 4.78 is 42.6. The number of carbonyl (C=O) groups excluding carboxylic acids is 1. The highest BCUT2D eigenvalue weighted by Gasteiger charge is 2.74. The summed E-state index contributed by atoms with van der Waals surface area (Å²) in [6, 6.07) is 5.48. The van der Waals surface area contributed by atoms with Gasteiger partial charge in [0.15, 0.2) is 9.84 Å². The number of hydrogen-bond acceptors (Lipinski definition) is 5. The van der Waals surface area contributed by atoms with Crippen LogP contribution >= 0.6 is 0 Å². The normalized spacial score (nSPS) is 28.2. The van der Waals surface area contributed by atoms with Crippen molar-refractivity contribution in [2.75, 3.05) is 12.4 Å². The van der Waals surface area contributed by atoms with Gasteiger partial charge in [-0.15, -0.1) is 0 Å². The highest BCUT2D eigenvalue weighted by molar-refractivity contribution is 7.92. The minimum atomic E-state index is -3.55. The summed E-state index contributed by atoms with van der Waals surface area (Å²) in [5.74, 6) is -2.18. The summed E-state index contributed by atoms with van der Waals surface area (Å²) in [6.45, 7) is 3.21. The zero-order chi connectivity index (χ0) is 15.8. The van der Waals surface area contributed by atoms with E-state index in [2.05, 4.69) is 0 Å². The summed E-state index contributed by atoms with van der Waals surface area (Å²) in [7, 11) is -3.55. The van der Waals surface area contributed by atoms with Gasteiger partial charge in [0.25, 0.3) is 0 Å². The standard InChI is InChI=1S/C14H18FNO4S/c1-3-20-13(17)14(16)11(12(14)21(18,19)4-2)9-6-5-7-10(15)8-9/h5-8,11-12H,3-4,16H2,1-2H3/t11-,12+,14-/m0/s1. The van der Waals surface area contributed by atoms with E-state index >= 15 is 0 Å². The van der Waals surface area contributed by atoms with Gasteiger partial charge in [-0.1, -0.05) is 19.1 Å². The van der Waals surface area contributed by atoms with Gasteiger partial charge in [-0.25, -0.2) is 17.6 Å². The molecule has 1 aromatic rings. The first-order valence-corrected chi connectivity index (χ1v) is 8.43. The fraction of sp³-hybridized carbons (Fsp3) is 0.500. The SMILES string of the molecule is CCOC(=O)[C@@]1(N)[C@H](S(=O)(=O)CC)[C@@H]1c1cccc(F)c1. The van der Waals surface area contributed by atoms with Crippen molar-refractivity contribution >= 4 is 15.8 Å². The van der Waals surface area contributed by atoms with Crippen molar-refractivity contribution in [2.45, 2.75) is 30.6 Å². The Morgan fingerprint density at radius 3 is 2.62 bits per heavy atom. The first kappa shape index (κ1) is 15.9. The lowest BCUT2D eigenvalue weighted by molar-refractivity contribution is -0.145. The quantitative estimate of drug-likeness (QED) is 0.819. The lowest BCUT2D eigenvalue weighted by Crippen LogP contribution is -2.41. The Bertz CT molecular complexity index is 661. The van der Waals surface area contributed by atoms with Crippen LogP contribution in [0.15, 0.2) is 24.3 Å². The van der Waals surface area contributed by atoms with E-state index in [1.807, 2.05) is 0 Å². The minimum absolute atomic E-state index is 0.104. The van der Waals surface area contributed by atoms with Gasteiger partial charge in [-0.05, 0) is 24.6 Å². The van der Waals surface area contributed by atoms with Gasteiger partial charge in [-0.3, -0.25) is 0 Å². The Labute approximate surface area is 123 Å². The summed E-state index contributed by atoms with van der Waals surface area (Å²) in [4.78, 5) is 12.1. The first-order valence-electron chi connectivity index (χ1n) is 6.72. The number of sulfone groups is 1.